The van der Waals surface area contributed by atoms with E-state index in [1.54, 1.807) is 4.90 Å². The van der Waals surface area contributed by atoms with E-state index >= 15 is 0 Å². The smallest absolute Gasteiger partial charge is 0.397 e. The number of alkyl halides is 3. The zero-order chi connectivity index (χ0) is 34.8. The summed E-state index contributed by atoms with van der Waals surface area (Å²) < 4.78 is 42.1. The Morgan fingerprint density at radius 1 is 1.00 bits per heavy atom. The van der Waals surface area contributed by atoms with Crippen LogP contribution in [0.5, 0.6) is 0 Å². The van der Waals surface area contributed by atoms with Gasteiger partial charge in [-0.05, 0) is 74.3 Å². The first-order valence-corrected chi connectivity index (χ1v) is 18.0. The highest BCUT2D eigenvalue weighted by Gasteiger charge is 2.49. The predicted octanol–water partition coefficient (Wildman–Crippen LogP) is 5.85. The summed E-state index contributed by atoms with van der Waals surface area (Å²) in [5, 5.41) is 6.19. The van der Waals surface area contributed by atoms with Crippen molar-refractivity contribution < 1.29 is 32.0 Å². The molecule has 0 unspecified atom stereocenters. The van der Waals surface area contributed by atoms with Crippen LogP contribution in [0.4, 0.5) is 29.3 Å². The van der Waals surface area contributed by atoms with Gasteiger partial charge in [0.25, 0.3) is 0 Å². The highest BCUT2D eigenvalue weighted by molar-refractivity contribution is 6.33. The molecule has 6 rings (SSSR count). The fourth-order valence-electron chi connectivity index (χ4n) is 8.57. The average molecular weight is 704 g/mol. The molecule has 4 aliphatic heterocycles. The van der Waals surface area contributed by atoms with Crippen LogP contribution in [0.25, 0.3) is 0 Å². The van der Waals surface area contributed by atoms with Crippen molar-refractivity contribution in [2.75, 3.05) is 56.9 Å². The standard InChI is InChI=1S/C36H46ClF3N6O3/c37-30-22-24(21-29(33(30)41)36(38,39)40)20-26(34(48)46(18-4-1-5-19-46)28-8-13-42-14-9-28)23-32(47)44-15-11-27(12-16-44)45-17-10-25-6-2-3-7-31(25)43-35(45)49/h2-3,6-7,21-22,26-28,42H,1,4-5,8-20,23,41H2/p+1/t26-/m0/s1. The lowest BCUT2D eigenvalue weighted by Crippen LogP contribution is -2.65. The maximum Gasteiger partial charge on any atom is 0.418 e. The van der Waals surface area contributed by atoms with Crippen molar-refractivity contribution in [1.29, 1.82) is 0 Å². The third-order valence-electron chi connectivity index (χ3n) is 11.2. The third kappa shape index (κ3) is 7.71. The number of nitrogens with zero attached hydrogens (tertiary/aromatic N) is 3. The van der Waals surface area contributed by atoms with Gasteiger partial charge in [-0.25, -0.2) is 9.59 Å². The molecule has 3 fully saturated rings. The lowest BCUT2D eigenvalue weighted by molar-refractivity contribution is -0.887. The van der Waals surface area contributed by atoms with E-state index in [1.165, 1.54) is 6.07 Å². The fraction of sp³-hybridized carbons (Fsp3) is 0.583. The summed E-state index contributed by atoms with van der Waals surface area (Å²) in [6.45, 7) is 4.41. The Balaban J connectivity index is 1.20. The van der Waals surface area contributed by atoms with Crippen LogP contribution in [0.1, 0.15) is 68.1 Å². The van der Waals surface area contributed by atoms with E-state index in [4.69, 9.17) is 17.3 Å². The summed E-state index contributed by atoms with van der Waals surface area (Å²) in [6.07, 6.45) is 1.57. The van der Waals surface area contributed by atoms with Crippen LogP contribution in [0.2, 0.25) is 5.02 Å². The Kier molecular flexibility index (Phi) is 10.8. The number of nitrogen functional groups attached to an aromatic ring is 1. The Hall–Kier alpha value is -3.35. The van der Waals surface area contributed by atoms with Gasteiger partial charge in [-0.2, -0.15) is 13.2 Å². The van der Waals surface area contributed by atoms with Crippen LogP contribution in [-0.2, 0) is 28.6 Å². The number of benzene rings is 2. The van der Waals surface area contributed by atoms with Gasteiger partial charge in [-0.15, -0.1) is 0 Å². The number of hydrogen-bond donors (Lipinski definition) is 3. The minimum atomic E-state index is -4.72. The Morgan fingerprint density at radius 3 is 2.39 bits per heavy atom. The van der Waals surface area contributed by atoms with Crippen LogP contribution < -0.4 is 16.4 Å². The van der Waals surface area contributed by atoms with Crippen molar-refractivity contribution >= 4 is 40.8 Å². The molecule has 0 bridgehead atoms. The largest absolute Gasteiger partial charge is 0.418 e. The summed E-state index contributed by atoms with van der Waals surface area (Å²) in [6, 6.07) is 10.1. The zero-order valence-corrected chi connectivity index (χ0v) is 28.6. The molecular formula is C36H47ClF3N6O3+. The number of likely N-dealkylation sites (tertiary alicyclic amines) is 2. The topological polar surface area (TPSA) is 108 Å². The Morgan fingerprint density at radius 2 is 1.69 bits per heavy atom. The van der Waals surface area contributed by atoms with Crippen LogP contribution >= 0.6 is 11.6 Å². The number of anilines is 2. The number of amides is 4. The maximum absolute atomic E-state index is 14.8. The number of hydrogen-bond acceptors (Lipinski definition) is 5. The molecule has 266 valence electrons. The van der Waals surface area contributed by atoms with Gasteiger partial charge in [-0.1, -0.05) is 29.8 Å². The number of quaternary nitrogens is 1. The van der Waals surface area contributed by atoms with Crippen LogP contribution in [0.3, 0.4) is 0 Å². The number of nitrogens with one attached hydrogen (secondary N) is 2. The SMILES string of the molecule is Nc1c(Cl)cc(C[C@@H](CC(=O)N2CCC(N3CCc4ccccc4NC3=O)CC2)C(=O)[N+]2(C3CCNCC3)CCCCC2)cc1C(F)(F)F. The van der Waals surface area contributed by atoms with Gasteiger partial charge >= 0.3 is 18.1 Å². The number of piperidine rings is 3. The molecule has 4 N–H and O–H groups in total. The fourth-order valence-corrected chi connectivity index (χ4v) is 8.81. The number of para-hydroxylation sites is 1. The van der Waals surface area contributed by atoms with E-state index in [1.807, 2.05) is 29.2 Å². The third-order valence-corrected chi connectivity index (χ3v) is 11.5. The van der Waals surface area contributed by atoms with Crippen molar-refractivity contribution in [3.8, 4) is 0 Å². The normalized spacial score (nSPS) is 21.4. The quantitative estimate of drug-likeness (QED) is 0.248. The van der Waals surface area contributed by atoms with Crippen molar-refractivity contribution in [2.45, 2.75) is 82.5 Å². The lowest BCUT2D eigenvalue weighted by atomic mass is 9.87. The first-order chi connectivity index (χ1) is 23.5. The van der Waals surface area contributed by atoms with E-state index < -0.39 is 23.3 Å². The predicted molar refractivity (Wildman–Crippen MR) is 183 cm³/mol. The van der Waals surface area contributed by atoms with Gasteiger partial charge in [-0.3, -0.25) is 9.28 Å². The zero-order valence-electron chi connectivity index (χ0n) is 27.9. The van der Waals surface area contributed by atoms with E-state index in [-0.39, 0.29) is 57.8 Å². The second-order valence-electron chi connectivity index (χ2n) is 14.1. The second kappa shape index (κ2) is 14.9. The molecule has 13 heteroatoms. The molecule has 49 heavy (non-hydrogen) atoms. The van der Waals surface area contributed by atoms with Crippen molar-refractivity contribution in [3.05, 3.63) is 58.1 Å². The first-order valence-electron chi connectivity index (χ1n) is 17.7. The van der Waals surface area contributed by atoms with E-state index in [9.17, 15) is 27.6 Å². The van der Waals surface area contributed by atoms with E-state index in [0.717, 1.165) is 68.9 Å². The molecule has 0 saturated carbocycles. The molecule has 4 amide bonds. The number of nitrogens with two attached hydrogens (primary N) is 1. The number of fused-ring (bicyclic) bond motifs is 1. The molecule has 0 aliphatic carbocycles. The van der Waals surface area contributed by atoms with Gasteiger partial charge < -0.3 is 26.2 Å². The van der Waals surface area contributed by atoms with Gasteiger partial charge in [0.15, 0.2) is 0 Å². The molecule has 2 aromatic rings. The molecule has 9 nitrogen and oxygen atoms in total. The molecule has 1 atom stereocenters. The summed E-state index contributed by atoms with van der Waals surface area (Å²) in [4.78, 5) is 45.6. The maximum atomic E-state index is 14.8. The molecule has 2 aromatic carbocycles. The van der Waals surface area contributed by atoms with Gasteiger partial charge in [0.05, 0.1) is 41.3 Å². The molecule has 4 heterocycles. The highest BCUT2D eigenvalue weighted by atomic mass is 35.5. The summed E-state index contributed by atoms with van der Waals surface area (Å²) in [5.41, 5.74) is 6.30. The molecular weight excluding hydrogens is 657 g/mol. The first kappa shape index (κ1) is 35.5. The average Bonchev–Trinajstić information content (AvgIpc) is 3.27. The number of urea groups is 1. The summed E-state index contributed by atoms with van der Waals surface area (Å²) in [5.74, 6) is -1.08. The molecule has 0 spiro atoms. The highest BCUT2D eigenvalue weighted by Crippen LogP contribution is 2.39. The minimum absolute atomic E-state index is 0.0319. The molecule has 0 radical (unpaired) electrons. The van der Waals surface area contributed by atoms with Crippen LogP contribution in [0, 0.1) is 5.92 Å². The van der Waals surface area contributed by atoms with Crippen LogP contribution in [-0.4, -0.2) is 90.0 Å². The van der Waals surface area contributed by atoms with Gasteiger partial charge in [0.1, 0.15) is 0 Å². The Labute approximate surface area is 290 Å². The molecule has 3 saturated heterocycles. The van der Waals surface area contributed by atoms with E-state index in [2.05, 4.69) is 10.6 Å². The van der Waals surface area contributed by atoms with Crippen molar-refractivity contribution in [2.24, 2.45) is 5.92 Å². The van der Waals surface area contributed by atoms with Crippen molar-refractivity contribution in [3.63, 3.8) is 0 Å². The Bertz CT molecular complexity index is 1530. The van der Waals surface area contributed by atoms with E-state index in [0.29, 0.717) is 45.6 Å². The number of halogens is 4. The summed E-state index contributed by atoms with van der Waals surface area (Å²) in [7, 11) is 0. The van der Waals surface area contributed by atoms with Gasteiger partial charge in [0, 0.05) is 63.7 Å². The monoisotopic (exact) mass is 703 g/mol. The number of rotatable bonds is 7. The lowest BCUT2D eigenvalue weighted by Gasteiger charge is -2.48. The van der Waals surface area contributed by atoms with Crippen LogP contribution in [0.15, 0.2) is 36.4 Å². The second-order valence-corrected chi connectivity index (χ2v) is 14.6. The van der Waals surface area contributed by atoms with Crippen molar-refractivity contribution in [1.82, 2.24) is 15.1 Å². The molecule has 4 aliphatic rings. The van der Waals surface area contributed by atoms with Gasteiger partial charge in [0.2, 0.25) is 5.91 Å². The minimum Gasteiger partial charge on any atom is -0.397 e. The number of carbonyl (C=O) groups excluding carboxylic acids is 3. The summed E-state index contributed by atoms with van der Waals surface area (Å²) >= 11 is 6.21. The number of carbonyl (C=O) groups is 3. The molecule has 0 aromatic heterocycles.